The van der Waals surface area contributed by atoms with Gasteiger partial charge in [-0.15, -0.1) is 12.4 Å². The molecule has 8 heteroatoms. The largest absolute Gasteiger partial charge is 0.379 e. The summed E-state index contributed by atoms with van der Waals surface area (Å²) in [5.74, 6) is -0.160. The highest BCUT2D eigenvalue weighted by Gasteiger charge is 2.21. The summed E-state index contributed by atoms with van der Waals surface area (Å²) in [5, 5.41) is 13.4. The number of hydrogen-bond donors (Lipinski definition) is 3. The van der Waals surface area contributed by atoms with Gasteiger partial charge < -0.3 is 15.4 Å². The molecule has 3 heterocycles. The Morgan fingerprint density at radius 1 is 1.22 bits per heavy atom. The molecule has 4 rings (SSSR count). The molecule has 0 radical (unpaired) electrons. The third-order valence-electron chi connectivity index (χ3n) is 5.05. The number of amides is 1. The van der Waals surface area contributed by atoms with Gasteiger partial charge in [0, 0.05) is 56.1 Å². The maximum Gasteiger partial charge on any atom is 0.276 e. The number of H-pyrrole nitrogens is 1. The Morgan fingerprint density at radius 3 is 2.78 bits per heavy atom. The summed E-state index contributed by atoms with van der Waals surface area (Å²) in [6, 6.07) is 8.09. The molecule has 2 aromatic rings. The van der Waals surface area contributed by atoms with Gasteiger partial charge >= 0.3 is 0 Å². The summed E-state index contributed by atoms with van der Waals surface area (Å²) in [5.41, 5.74) is 4.60. The third kappa shape index (κ3) is 4.87. The van der Waals surface area contributed by atoms with Crippen molar-refractivity contribution in [3.63, 3.8) is 0 Å². The standard InChI is InChI=1S/C19H25N5O2.ClH/c25-19(18-16-13-20-7-5-17(16)22-23-18)21-15-3-1-14(2-4-15)6-8-24-9-11-26-12-10-24;/h1-4,20H,5-13H2,(H,21,25)(H,22,23);1H. The predicted octanol–water partition coefficient (Wildman–Crippen LogP) is 1.60. The fraction of sp³-hybridized carbons (Fsp3) is 0.474. The van der Waals surface area contributed by atoms with Crippen molar-refractivity contribution >= 4 is 24.0 Å². The molecule has 1 fully saturated rings. The van der Waals surface area contributed by atoms with Gasteiger partial charge in [-0.3, -0.25) is 14.8 Å². The van der Waals surface area contributed by atoms with Crippen molar-refractivity contribution in [1.82, 2.24) is 20.4 Å². The van der Waals surface area contributed by atoms with Crippen LogP contribution in [0.5, 0.6) is 0 Å². The lowest BCUT2D eigenvalue weighted by molar-refractivity contribution is 0.0384. The molecule has 0 spiro atoms. The first kappa shape index (κ1) is 19.8. The number of aromatic nitrogens is 2. The molecule has 0 unspecified atom stereocenters. The van der Waals surface area contributed by atoms with Gasteiger partial charge in [0.1, 0.15) is 0 Å². The van der Waals surface area contributed by atoms with Crippen molar-refractivity contribution in [2.75, 3.05) is 44.7 Å². The van der Waals surface area contributed by atoms with E-state index in [-0.39, 0.29) is 18.3 Å². The van der Waals surface area contributed by atoms with E-state index in [2.05, 4.69) is 37.9 Å². The van der Waals surface area contributed by atoms with Crippen molar-refractivity contribution < 1.29 is 9.53 Å². The third-order valence-corrected chi connectivity index (χ3v) is 5.05. The fourth-order valence-corrected chi connectivity index (χ4v) is 3.47. The number of nitrogens with one attached hydrogen (secondary N) is 3. The van der Waals surface area contributed by atoms with E-state index in [1.165, 1.54) is 5.56 Å². The topological polar surface area (TPSA) is 82.3 Å². The van der Waals surface area contributed by atoms with E-state index in [0.717, 1.165) is 69.2 Å². The normalized spacial score (nSPS) is 17.0. The number of benzene rings is 1. The van der Waals surface area contributed by atoms with Crippen molar-refractivity contribution in [3.8, 4) is 0 Å². The molecule has 0 atom stereocenters. The molecule has 0 saturated carbocycles. The molecule has 0 bridgehead atoms. The molecule has 1 aromatic heterocycles. The number of morpholine rings is 1. The molecule has 1 saturated heterocycles. The maximum absolute atomic E-state index is 12.5. The number of carbonyl (C=O) groups excluding carboxylic acids is 1. The zero-order chi connectivity index (χ0) is 17.8. The van der Waals surface area contributed by atoms with E-state index >= 15 is 0 Å². The lowest BCUT2D eigenvalue weighted by Gasteiger charge is -2.26. The smallest absolute Gasteiger partial charge is 0.276 e. The lowest BCUT2D eigenvalue weighted by atomic mass is 10.1. The van der Waals surface area contributed by atoms with Crippen LogP contribution < -0.4 is 10.6 Å². The van der Waals surface area contributed by atoms with Crippen LogP contribution in [0.15, 0.2) is 24.3 Å². The second-order valence-electron chi connectivity index (χ2n) is 6.81. The minimum absolute atomic E-state index is 0. The van der Waals surface area contributed by atoms with E-state index in [0.29, 0.717) is 12.2 Å². The van der Waals surface area contributed by atoms with Crippen LogP contribution in [0, 0.1) is 0 Å². The second kappa shape index (κ2) is 9.32. The Balaban J connectivity index is 0.00000210. The summed E-state index contributed by atoms with van der Waals surface area (Å²) in [6.45, 7) is 6.33. The number of halogens is 1. The summed E-state index contributed by atoms with van der Waals surface area (Å²) in [7, 11) is 0. The van der Waals surface area contributed by atoms with Crippen LogP contribution in [-0.4, -0.2) is 60.4 Å². The van der Waals surface area contributed by atoms with Crippen LogP contribution in [0.25, 0.3) is 0 Å². The number of fused-ring (bicyclic) bond motifs is 1. The molecular weight excluding hydrogens is 366 g/mol. The number of aromatic amines is 1. The van der Waals surface area contributed by atoms with Crippen molar-refractivity contribution in [1.29, 1.82) is 0 Å². The highest BCUT2D eigenvalue weighted by atomic mass is 35.5. The number of hydrogen-bond acceptors (Lipinski definition) is 5. The molecule has 27 heavy (non-hydrogen) atoms. The van der Waals surface area contributed by atoms with E-state index in [9.17, 15) is 4.79 Å². The zero-order valence-corrected chi connectivity index (χ0v) is 16.1. The average Bonchev–Trinajstić information content (AvgIpc) is 3.12. The number of carbonyl (C=O) groups is 1. The minimum atomic E-state index is -0.160. The molecule has 1 amide bonds. The van der Waals surface area contributed by atoms with Gasteiger partial charge in [0.25, 0.3) is 5.91 Å². The van der Waals surface area contributed by atoms with Gasteiger partial charge in [0.2, 0.25) is 0 Å². The molecule has 3 N–H and O–H groups in total. The van der Waals surface area contributed by atoms with E-state index in [1.807, 2.05) is 12.1 Å². The van der Waals surface area contributed by atoms with Gasteiger partial charge in [0.15, 0.2) is 5.69 Å². The Labute approximate surface area is 165 Å². The zero-order valence-electron chi connectivity index (χ0n) is 15.3. The summed E-state index contributed by atoms with van der Waals surface area (Å²) in [6.07, 6.45) is 1.89. The SMILES string of the molecule is Cl.O=C(Nc1ccc(CCN2CCOCC2)cc1)c1n[nH]c2c1CNCC2. The van der Waals surface area contributed by atoms with Crippen LogP contribution in [0.4, 0.5) is 5.69 Å². The minimum Gasteiger partial charge on any atom is -0.379 e. The summed E-state index contributed by atoms with van der Waals surface area (Å²) < 4.78 is 5.38. The monoisotopic (exact) mass is 391 g/mol. The van der Waals surface area contributed by atoms with Crippen LogP contribution in [0.2, 0.25) is 0 Å². The summed E-state index contributed by atoms with van der Waals surface area (Å²) >= 11 is 0. The number of rotatable bonds is 5. The maximum atomic E-state index is 12.5. The van der Waals surface area contributed by atoms with Crippen LogP contribution >= 0.6 is 12.4 Å². The van der Waals surface area contributed by atoms with Crippen LogP contribution in [0.1, 0.15) is 27.3 Å². The predicted molar refractivity (Wildman–Crippen MR) is 107 cm³/mol. The number of ether oxygens (including phenoxy) is 1. The van der Waals surface area contributed by atoms with Crippen molar-refractivity contribution in [2.24, 2.45) is 0 Å². The quantitative estimate of drug-likeness (QED) is 0.721. The van der Waals surface area contributed by atoms with Gasteiger partial charge in [-0.1, -0.05) is 12.1 Å². The molecule has 2 aliphatic heterocycles. The Bertz CT molecular complexity index is 756. The Morgan fingerprint density at radius 2 is 2.00 bits per heavy atom. The number of anilines is 1. The average molecular weight is 392 g/mol. The molecular formula is C19H26ClN5O2. The highest BCUT2D eigenvalue weighted by Crippen LogP contribution is 2.17. The van der Waals surface area contributed by atoms with Gasteiger partial charge in [-0.2, -0.15) is 5.10 Å². The molecule has 0 aliphatic carbocycles. The van der Waals surface area contributed by atoms with Crippen molar-refractivity contribution in [2.45, 2.75) is 19.4 Å². The summed E-state index contributed by atoms with van der Waals surface area (Å²) in [4.78, 5) is 14.9. The second-order valence-corrected chi connectivity index (χ2v) is 6.81. The first-order chi connectivity index (χ1) is 12.8. The van der Waals surface area contributed by atoms with E-state index in [4.69, 9.17) is 4.74 Å². The first-order valence-corrected chi connectivity index (χ1v) is 9.27. The van der Waals surface area contributed by atoms with E-state index < -0.39 is 0 Å². The Kier molecular flexibility index (Phi) is 6.84. The fourth-order valence-electron chi connectivity index (χ4n) is 3.47. The molecule has 7 nitrogen and oxygen atoms in total. The van der Waals surface area contributed by atoms with Gasteiger partial charge in [-0.05, 0) is 24.1 Å². The van der Waals surface area contributed by atoms with Crippen LogP contribution in [-0.2, 0) is 24.1 Å². The highest BCUT2D eigenvalue weighted by molar-refractivity contribution is 6.04. The molecule has 1 aromatic carbocycles. The van der Waals surface area contributed by atoms with Gasteiger partial charge in [-0.25, -0.2) is 0 Å². The van der Waals surface area contributed by atoms with Gasteiger partial charge in [0.05, 0.1) is 13.2 Å². The number of nitrogens with zero attached hydrogens (tertiary/aromatic N) is 2. The van der Waals surface area contributed by atoms with E-state index in [1.54, 1.807) is 0 Å². The first-order valence-electron chi connectivity index (χ1n) is 9.27. The molecule has 146 valence electrons. The molecule has 2 aliphatic rings. The van der Waals surface area contributed by atoms with Crippen molar-refractivity contribution in [3.05, 3.63) is 46.8 Å². The lowest BCUT2D eigenvalue weighted by Crippen LogP contribution is -2.37. The van der Waals surface area contributed by atoms with Crippen LogP contribution in [0.3, 0.4) is 0 Å². The Hall–Kier alpha value is -1.93.